The molecule has 1 atom stereocenters. The Bertz CT molecular complexity index is 374. The maximum absolute atomic E-state index is 11.8. The lowest BCUT2D eigenvalue weighted by Crippen LogP contribution is -2.41. The number of hydrogen-bond acceptors (Lipinski definition) is 4. The third kappa shape index (κ3) is 4.14. The molecule has 0 aliphatic carbocycles. The molecule has 18 heavy (non-hydrogen) atoms. The highest BCUT2D eigenvalue weighted by molar-refractivity contribution is 5.76. The van der Waals surface area contributed by atoms with E-state index in [-0.39, 0.29) is 17.9 Å². The first-order chi connectivity index (χ1) is 8.58. The van der Waals surface area contributed by atoms with Gasteiger partial charge in [0.15, 0.2) is 0 Å². The molecule has 102 valence electrons. The Morgan fingerprint density at radius 1 is 1.50 bits per heavy atom. The van der Waals surface area contributed by atoms with Crippen LogP contribution in [-0.2, 0) is 22.6 Å². The van der Waals surface area contributed by atoms with Gasteiger partial charge in [-0.3, -0.25) is 14.8 Å². The standard InChI is InChI=1S/C13H23N3O2/c1-5-16-9-11(8-15-16)7-14-12(10(3)4)13(17)18-6-2/h8-10,12,14H,5-7H2,1-4H3/t12-/m1/s1. The third-order valence-corrected chi connectivity index (χ3v) is 2.74. The molecule has 5 heteroatoms. The normalized spacial score (nSPS) is 12.7. The van der Waals surface area contributed by atoms with E-state index in [1.165, 1.54) is 0 Å². The van der Waals surface area contributed by atoms with Gasteiger partial charge in [-0.1, -0.05) is 13.8 Å². The zero-order chi connectivity index (χ0) is 13.5. The minimum atomic E-state index is -0.269. The first-order valence-corrected chi connectivity index (χ1v) is 6.49. The molecule has 1 aromatic heterocycles. The minimum Gasteiger partial charge on any atom is -0.465 e. The van der Waals surface area contributed by atoms with Gasteiger partial charge in [0.25, 0.3) is 0 Å². The molecule has 1 rings (SSSR count). The highest BCUT2D eigenvalue weighted by atomic mass is 16.5. The van der Waals surface area contributed by atoms with Crippen LogP contribution in [0.4, 0.5) is 0 Å². The van der Waals surface area contributed by atoms with Crippen molar-refractivity contribution in [2.45, 2.75) is 46.8 Å². The predicted molar refractivity (Wildman–Crippen MR) is 70.0 cm³/mol. The number of carbonyl (C=O) groups is 1. The van der Waals surface area contributed by atoms with Crippen LogP contribution in [-0.4, -0.2) is 28.4 Å². The molecule has 0 unspecified atom stereocenters. The SMILES string of the molecule is CCOC(=O)[C@H](NCc1cnn(CC)c1)C(C)C. The molecule has 0 spiro atoms. The van der Waals surface area contributed by atoms with Crippen LogP contribution in [0.1, 0.15) is 33.3 Å². The zero-order valence-electron chi connectivity index (χ0n) is 11.6. The van der Waals surface area contributed by atoms with E-state index < -0.39 is 0 Å². The molecule has 0 aliphatic heterocycles. The van der Waals surface area contributed by atoms with Crippen LogP contribution >= 0.6 is 0 Å². The lowest BCUT2D eigenvalue weighted by atomic mass is 10.0. The molecule has 0 amide bonds. The summed E-state index contributed by atoms with van der Waals surface area (Å²) in [4.78, 5) is 11.8. The number of carbonyl (C=O) groups excluding carboxylic acids is 1. The van der Waals surface area contributed by atoms with Crippen molar-refractivity contribution in [2.24, 2.45) is 5.92 Å². The molecule has 0 saturated heterocycles. The Morgan fingerprint density at radius 3 is 2.72 bits per heavy atom. The molecule has 0 saturated carbocycles. The van der Waals surface area contributed by atoms with Crippen LogP contribution in [0.5, 0.6) is 0 Å². The summed E-state index contributed by atoms with van der Waals surface area (Å²) in [5.41, 5.74) is 1.08. The van der Waals surface area contributed by atoms with Gasteiger partial charge in [0, 0.05) is 24.8 Å². The van der Waals surface area contributed by atoms with Gasteiger partial charge >= 0.3 is 5.97 Å². The quantitative estimate of drug-likeness (QED) is 0.750. The Hall–Kier alpha value is -1.36. The Labute approximate surface area is 109 Å². The Morgan fingerprint density at radius 2 is 2.22 bits per heavy atom. The van der Waals surface area contributed by atoms with E-state index in [0.717, 1.165) is 12.1 Å². The highest BCUT2D eigenvalue weighted by Crippen LogP contribution is 2.06. The topological polar surface area (TPSA) is 56.1 Å². The smallest absolute Gasteiger partial charge is 0.323 e. The predicted octanol–water partition coefficient (Wildman–Crippen LogP) is 1.58. The second kappa shape index (κ2) is 7.16. The fourth-order valence-corrected chi connectivity index (χ4v) is 1.72. The number of nitrogens with zero attached hydrogens (tertiary/aromatic N) is 2. The summed E-state index contributed by atoms with van der Waals surface area (Å²) in [6.07, 6.45) is 3.80. The first kappa shape index (κ1) is 14.7. The number of aryl methyl sites for hydroxylation is 1. The molecule has 1 heterocycles. The first-order valence-electron chi connectivity index (χ1n) is 6.49. The van der Waals surface area contributed by atoms with Gasteiger partial charge < -0.3 is 4.74 Å². The van der Waals surface area contributed by atoms with Crippen molar-refractivity contribution in [3.8, 4) is 0 Å². The number of nitrogens with one attached hydrogen (secondary N) is 1. The van der Waals surface area contributed by atoms with Crippen molar-refractivity contribution >= 4 is 5.97 Å². The maximum Gasteiger partial charge on any atom is 0.323 e. The van der Waals surface area contributed by atoms with Crippen molar-refractivity contribution in [2.75, 3.05) is 6.61 Å². The Balaban J connectivity index is 2.54. The summed E-state index contributed by atoms with van der Waals surface area (Å²) in [5.74, 6) is 0.0145. The van der Waals surface area contributed by atoms with Crippen LogP contribution in [0.15, 0.2) is 12.4 Å². The van der Waals surface area contributed by atoms with Gasteiger partial charge in [-0.05, 0) is 19.8 Å². The summed E-state index contributed by atoms with van der Waals surface area (Å²) in [7, 11) is 0. The van der Waals surface area contributed by atoms with Crippen molar-refractivity contribution in [1.29, 1.82) is 0 Å². The minimum absolute atomic E-state index is 0.185. The van der Waals surface area contributed by atoms with Crippen LogP contribution in [0.3, 0.4) is 0 Å². The average molecular weight is 253 g/mol. The Kier molecular flexibility index (Phi) is 5.85. The second-order valence-corrected chi connectivity index (χ2v) is 4.56. The van der Waals surface area contributed by atoms with Gasteiger partial charge in [0.2, 0.25) is 0 Å². The average Bonchev–Trinajstić information content (AvgIpc) is 2.77. The van der Waals surface area contributed by atoms with Gasteiger partial charge in [0.1, 0.15) is 6.04 Å². The number of aromatic nitrogens is 2. The zero-order valence-corrected chi connectivity index (χ0v) is 11.6. The summed E-state index contributed by atoms with van der Waals surface area (Å²) in [6.45, 7) is 9.76. The van der Waals surface area contributed by atoms with Gasteiger partial charge in [-0.15, -0.1) is 0 Å². The van der Waals surface area contributed by atoms with E-state index in [4.69, 9.17) is 4.74 Å². The molecule has 0 radical (unpaired) electrons. The molecule has 5 nitrogen and oxygen atoms in total. The molecule has 0 bridgehead atoms. The van der Waals surface area contributed by atoms with Crippen molar-refractivity contribution in [3.63, 3.8) is 0 Å². The summed E-state index contributed by atoms with van der Waals surface area (Å²) >= 11 is 0. The largest absolute Gasteiger partial charge is 0.465 e. The van der Waals surface area contributed by atoms with E-state index in [9.17, 15) is 4.79 Å². The fourth-order valence-electron chi connectivity index (χ4n) is 1.72. The number of esters is 1. The lowest BCUT2D eigenvalue weighted by molar-refractivity contribution is -0.146. The molecular formula is C13H23N3O2. The van der Waals surface area contributed by atoms with Crippen LogP contribution in [0.2, 0.25) is 0 Å². The van der Waals surface area contributed by atoms with Gasteiger partial charge in [-0.2, -0.15) is 5.10 Å². The molecule has 0 aromatic carbocycles. The molecular weight excluding hydrogens is 230 g/mol. The van der Waals surface area contributed by atoms with E-state index >= 15 is 0 Å². The molecule has 0 fully saturated rings. The highest BCUT2D eigenvalue weighted by Gasteiger charge is 2.22. The van der Waals surface area contributed by atoms with Crippen LogP contribution in [0, 0.1) is 5.92 Å². The van der Waals surface area contributed by atoms with Crippen molar-refractivity contribution < 1.29 is 9.53 Å². The summed E-state index contributed by atoms with van der Waals surface area (Å²) in [6, 6.07) is -0.269. The number of rotatable bonds is 7. The second-order valence-electron chi connectivity index (χ2n) is 4.56. The number of ether oxygens (including phenoxy) is 1. The van der Waals surface area contributed by atoms with E-state index in [0.29, 0.717) is 13.2 Å². The van der Waals surface area contributed by atoms with E-state index in [2.05, 4.69) is 10.4 Å². The fraction of sp³-hybridized carbons (Fsp3) is 0.692. The molecule has 1 N–H and O–H groups in total. The van der Waals surface area contributed by atoms with Crippen molar-refractivity contribution in [1.82, 2.24) is 15.1 Å². The van der Waals surface area contributed by atoms with Gasteiger partial charge in [0.05, 0.1) is 12.8 Å². The van der Waals surface area contributed by atoms with E-state index in [1.807, 2.05) is 44.8 Å². The van der Waals surface area contributed by atoms with Gasteiger partial charge in [-0.25, -0.2) is 0 Å². The van der Waals surface area contributed by atoms with E-state index in [1.54, 1.807) is 0 Å². The lowest BCUT2D eigenvalue weighted by Gasteiger charge is -2.20. The van der Waals surface area contributed by atoms with Crippen LogP contribution < -0.4 is 5.32 Å². The monoisotopic (exact) mass is 253 g/mol. The summed E-state index contributed by atoms with van der Waals surface area (Å²) in [5, 5.41) is 7.43. The van der Waals surface area contributed by atoms with Crippen molar-refractivity contribution in [3.05, 3.63) is 18.0 Å². The third-order valence-electron chi connectivity index (χ3n) is 2.74. The number of hydrogen-bond donors (Lipinski definition) is 1. The molecule has 0 aliphatic rings. The van der Waals surface area contributed by atoms with Crippen LogP contribution in [0.25, 0.3) is 0 Å². The maximum atomic E-state index is 11.8. The summed E-state index contributed by atoms with van der Waals surface area (Å²) < 4.78 is 6.92. The molecule has 1 aromatic rings.